The molecule has 0 heterocycles. The van der Waals surface area contributed by atoms with Gasteiger partial charge in [0.2, 0.25) is 0 Å². The van der Waals surface area contributed by atoms with Gasteiger partial charge in [-0.3, -0.25) is 4.79 Å². The van der Waals surface area contributed by atoms with Crippen molar-refractivity contribution in [2.75, 3.05) is 13.7 Å². The minimum atomic E-state index is -0.890. The number of carbonyl (C=O) groups is 2. The third-order valence-corrected chi connectivity index (χ3v) is 2.18. The molecule has 106 valence electrons. The maximum Gasteiger partial charge on any atom is 0.407 e. The normalized spacial score (nSPS) is 10.8. The first-order chi connectivity index (χ1) is 8.63. The monoisotopic (exact) mass is 288 g/mol. The summed E-state index contributed by atoms with van der Waals surface area (Å²) in [7, 11) is 1.23. The van der Waals surface area contributed by atoms with Gasteiger partial charge in [0.25, 0.3) is 0 Å². The van der Waals surface area contributed by atoms with Crippen LogP contribution in [0.4, 0.5) is 4.79 Å². The molecule has 1 amide bonds. The Morgan fingerprint density at radius 3 is 2.53 bits per heavy atom. The Morgan fingerprint density at radius 1 is 1.32 bits per heavy atom. The summed E-state index contributed by atoms with van der Waals surface area (Å²) < 4.78 is 9.35. The van der Waals surface area contributed by atoms with E-state index < -0.39 is 18.1 Å². The van der Waals surface area contributed by atoms with Crippen LogP contribution in [-0.2, 0) is 20.9 Å². The van der Waals surface area contributed by atoms with Crippen LogP contribution in [-0.4, -0.2) is 31.8 Å². The van der Waals surface area contributed by atoms with Gasteiger partial charge in [0.05, 0.1) is 7.11 Å². The van der Waals surface area contributed by atoms with Crippen molar-refractivity contribution in [1.82, 2.24) is 5.32 Å². The maximum absolute atomic E-state index is 11.3. The van der Waals surface area contributed by atoms with Gasteiger partial charge in [-0.15, -0.1) is 12.4 Å². The van der Waals surface area contributed by atoms with Crippen LogP contribution in [0.1, 0.15) is 5.56 Å². The van der Waals surface area contributed by atoms with Crippen molar-refractivity contribution < 1.29 is 19.1 Å². The lowest BCUT2D eigenvalue weighted by molar-refractivity contribution is -0.141. The fourth-order valence-corrected chi connectivity index (χ4v) is 1.20. The summed E-state index contributed by atoms with van der Waals surface area (Å²) in [4.78, 5) is 22.3. The molecule has 1 aromatic carbocycles. The van der Waals surface area contributed by atoms with Crippen LogP contribution < -0.4 is 11.1 Å². The number of benzene rings is 1. The molecule has 0 aliphatic rings. The molecular weight excluding hydrogens is 272 g/mol. The Labute approximate surface area is 117 Å². The van der Waals surface area contributed by atoms with Gasteiger partial charge in [0.15, 0.2) is 0 Å². The molecule has 0 aromatic heterocycles. The molecule has 0 spiro atoms. The Balaban J connectivity index is 0.00000324. The van der Waals surface area contributed by atoms with Gasteiger partial charge in [-0.2, -0.15) is 0 Å². The zero-order chi connectivity index (χ0) is 13.4. The molecule has 19 heavy (non-hydrogen) atoms. The Bertz CT molecular complexity index is 400. The number of hydrogen-bond donors (Lipinski definition) is 2. The number of halogens is 1. The van der Waals surface area contributed by atoms with E-state index >= 15 is 0 Å². The van der Waals surface area contributed by atoms with Crippen molar-refractivity contribution >= 4 is 24.5 Å². The molecule has 3 N–H and O–H groups in total. The van der Waals surface area contributed by atoms with Crippen LogP contribution in [0, 0.1) is 0 Å². The largest absolute Gasteiger partial charge is 0.468 e. The van der Waals surface area contributed by atoms with Crippen LogP contribution in [0.3, 0.4) is 0 Å². The van der Waals surface area contributed by atoms with Gasteiger partial charge in [-0.05, 0) is 5.56 Å². The van der Waals surface area contributed by atoms with E-state index in [1.54, 1.807) is 0 Å². The number of amides is 1. The number of nitrogens with two attached hydrogens (primary N) is 1. The van der Waals surface area contributed by atoms with Crippen LogP contribution in [0.15, 0.2) is 30.3 Å². The summed E-state index contributed by atoms with van der Waals surface area (Å²) in [6, 6.07) is 8.37. The van der Waals surface area contributed by atoms with E-state index in [0.717, 1.165) is 5.56 Å². The second-order valence-corrected chi connectivity index (χ2v) is 3.57. The summed E-state index contributed by atoms with van der Waals surface area (Å²) in [6.45, 7) is 0.139. The van der Waals surface area contributed by atoms with E-state index in [-0.39, 0.29) is 25.6 Å². The Morgan fingerprint density at radius 2 is 1.95 bits per heavy atom. The van der Waals surface area contributed by atoms with Crippen LogP contribution in [0.5, 0.6) is 0 Å². The van der Waals surface area contributed by atoms with Gasteiger partial charge in [0, 0.05) is 6.54 Å². The zero-order valence-electron chi connectivity index (χ0n) is 10.5. The fraction of sp³-hybridized carbons (Fsp3) is 0.333. The lowest BCUT2D eigenvalue weighted by atomic mass is 10.2. The van der Waals surface area contributed by atoms with Gasteiger partial charge in [0.1, 0.15) is 12.6 Å². The highest BCUT2D eigenvalue weighted by molar-refractivity contribution is 5.85. The average molecular weight is 289 g/mol. The molecular formula is C12H17ClN2O4. The second kappa shape index (κ2) is 9.18. The summed E-state index contributed by atoms with van der Waals surface area (Å²) >= 11 is 0. The second-order valence-electron chi connectivity index (χ2n) is 3.57. The van der Waals surface area contributed by atoms with Gasteiger partial charge < -0.3 is 20.5 Å². The number of hydrogen-bond acceptors (Lipinski definition) is 5. The smallest absolute Gasteiger partial charge is 0.407 e. The van der Waals surface area contributed by atoms with Gasteiger partial charge >= 0.3 is 12.1 Å². The number of carbonyl (C=O) groups excluding carboxylic acids is 2. The Kier molecular flexibility index (Phi) is 8.32. The summed E-state index contributed by atoms with van der Waals surface area (Å²) in [5, 5.41) is 2.38. The lowest BCUT2D eigenvalue weighted by Gasteiger charge is -2.10. The molecule has 0 bridgehead atoms. The molecule has 0 saturated heterocycles. The molecule has 0 aliphatic heterocycles. The number of nitrogens with one attached hydrogen (secondary N) is 1. The minimum Gasteiger partial charge on any atom is -0.468 e. The number of methoxy groups -OCH3 is 1. The fourth-order valence-electron chi connectivity index (χ4n) is 1.20. The van der Waals surface area contributed by atoms with Crippen molar-refractivity contribution in [3.05, 3.63) is 35.9 Å². The van der Waals surface area contributed by atoms with E-state index in [9.17, 15) is 9.59 Å². The van der Waals surface area contributed by atoms with Crippen molar-refractivity contribution in [3.63, 3.8) is 0 Å². The van der Waals surface area contributed by atoms with Crippen molar-refractivity contribution in [3.8, 4) is 0 Å². The quantitative estimate of drug-likeness (QED) is 0.783. The standard InChI is InChI=1S/C12H16N2O4.ClH/c1-17-11(15)10(13)7-14-12(16)18-8-9-5-3-2-4-6-9;/h2-6,10H,7-8,13H2,1H3,(H,14,16);1H/t10-;/m0./s1. The van der Waals surface area contributed by atoms with E-state index in [0.29, 0.717) is 0 Å². The Hall–Kier alpha value is -1.79. The first-order valence-corrected chi connectivity index (χ1v) is 5.41. The molecule has 1 aromatic rings. The first kappa shape index (κ1) is 17.2. The topological polar surface area (TPSA) is 90.6 Å². The highest BCUT2D eigenvalue weighted by atomic mass is 35.5. The minimum absolute atomic E-state index is 0. The maximum atomic E-state index is 11.3. The highest BCUT2D eigenvalue weighted by Crippen LogP contribution is 2.00. The molecule has 1 atom stereocenters. The summed E-state index contributed by atoms with van der Waals surface area (Å²) in [5.74, 6) is -0.585. The first-order valence-electron chi connectivity index (χ1n) is 5.41. The number of esters is 1. The molecule has 0 unspecified atom stereocenters. The number of alkyl carbamates (subject to hydrolysis) is 1. The predicted molar refractivity (Wildman–Crippen MR) is 71.9 cm³/mol. The highest BCUT2D eigenvalue weighted by Gasteiger charge is 2.14. The SMILES string of the molecule is COC(=O)[C@@H](N)CNC(=O)OCc1ccccc1.Cl. The van der Waals surface area contributed by atoms with Crippen molar-refractivity contribution in [1.29, 1.82) is 0 Å². The van der Waals surface area contributed by atoms with Crippen molar-refractivity contribution in [2.24, 2.45) is 5.73 Å². The molecule has 7 heteroatoms. The molecule has 0 radical (unpaired) electrons. The van der Waals surface area contributed by atoms with E-state index in [1.807, 2.05) is 30.3 Å². The molecule has 0 fully saturated rings. The molecule has 6 nitrogen and oxygen atoms in total. The van der Waals surface area contributed by atoms with Crippen molar-refractivity contribution in [2.45, 2.75) is 12.6 Å². The summed E-state index contributed by atoms with van der Waals surface area (Å²) in [6.07, 6.45) is -0.627. The van der Waals surface area contributed by atoms with Crippen LogP contribution in [0.2, 0.25) is 0 Å². The molecule has 0 saturated carbocycles. The van der Waals surface area contributed by atoms with Gasteiger partial charge in [-0.1, -0.05) is 30.3 Å². The van der Waals surface area contributed by atoms with E-state index in [4.69, 9.17) is 10.5 Å². The zero-order valence-corrected chi connectivity index (χ0v) is 11.3. The summed E-state index contributed by atoms with van der Waals surface area (Å²) in [5.41, 5.74) is 6.32. The van der Waals surface area contributed by atoms with Crippen LogP contribution >= 0.6 is 12.4 Å². The molecule has 1 rings (SSSR count). The average Bonchev–Trinajstić information content (AvgIpc) is 2.42. The third-order valence-electron chi connectivity index (χ3n) is 2.18. The lowest BCUT2D eigenvalue weighted by Crippen LogP contribution is -2.43. The van der Waals surface area contributed by atoms with E-state index in [1.165, 1.54) is 7.11 Å². The molecule has 0 aliphatic carbocycles. The number of rotatable bonds is 5. The number of ether oxygens (including phenoxy) is 2. The van der Waals surface area contributed by atoms with Crippen LogP contribution in [0.25, 0.3) is 0 Å². The van der Waals surface area contributed by atoms with Gasteiger partial charge in [-0.25, -0.2) is 4.79 Å². The predicted octanol–water partition coefficient (Wildman–Crippen LogP) is 0.835. The third kappa shape index (κ3) is 6.64. The van der Waals surface area contributed by atoms with E-state index in [2.05, 4.69) is 10.1 Å².